The van der Waals surface area contributed by atoms with Crippen molar-refractivity contribution in [1.29, 1.82) is 0 Å². The van der Waals surface area contributed by atoms with Gasteiger partial charge in [-0.2, -0.15) is 0 Å². The molecule has 3 heterocycles. The Morgan fingerprint density at radius 2 is 2.39 bits per heavy atom. The van der Waals surface area contributed by atoms with Crippen molar-refractivity contribution < 1.29 is 19.1 Å². The van der Waals surface area contributed by atoms with Crippen molar-refractivity contribution in [2.45, 2.75) is 32.0 Å². The predicted octanol–water partition coefficient (Wildman–Crippen LogP) is 0.228. The maximum atomic E-state index is 12.2. The largest absolute Gasteiger partial charge is 0.465 e. The molecule has 3 rings (SSSR count). The number of rotatable bonds is 2. The Morgan fingerprint density at radius 1 is 1.61 bits per heavy atom. The van der Waals surface area contributed by atoms with Crippen LogP contribution in [0.4, 0.5) is 0 Å². The molecule has 3 saturated heterocycles. The number of fused-ring (bicyclic) bond motifs is 3. The van der Waals surface area contributed by atoms with Crippen LogP contribution in [0.3, 0.4) is 0 Å². The second-order valence-corrected chi connectivity index (χ2v) is 5.52. The first-order chi connectivity index (χ1) is 8.58. The molecule has 5 heteroatoms. The Hall–Kier alpha value is -0.940. The van der Waals surface area contributed by atoms with Gasteiger partial charge in [0.15, 0.2) is 5.78 Å². The molecule has 0 aromatic carbocycles. The van der Waals surface area contributed by atoms with Crippen LogP contribution in [0.1, 0.15) is 20.3 Å². The van der Waals surface area contributed by atoms with Gasteiger partial charge < -0.3 is 14.4 Å². The van der Waals surface area contributed by atoms with Crippen LogP contribution in [-0.2, 0) is 19.1 Å². The van der Waals surface area contributed by atoms with Gasteiger partial charge in [-0.25, -0.2) is 0 Å². The van der Waals surface area contributed by atoms with E-state index in [0.29, 0.717) is 19.1 Å². The Balaban J connectivity index is 1.93. The summed E-state index contributed by atoms with van der Waals surface area (Å²) in [4.78, 5) is 26.6. The van der Waals surface area contributed by atoms with E-state index in [4.69, 9.17) is 9.47 Å². The number of carbonyl (C=O) groups is 2. The zero-order chi connectivity index (χ0) is 12.9. The minimum Gasteiger partial charge on any atom is -0.465 e. The van der Waals surface area contributed by atoms with Gasteiger partial charge in [-0.05, 0) is 26.8 Å². The molecule has 100 valence electrons. The molecular weight excluding hydrogens is 234 g/mol. The smallest absolute Gasteiger partial charge is 0.319 e. The quantitative estimate of drug-likeness (QED) is 0.521. The van der Waals surface area contributed by atoms with Gasteiger partial charge in [0.05, 0.1) is 6.61 Å². The van der Waals surface area contributed by atoms with Crippen molar-refractivity contribution in [2.75, 3.05) is 26.2 Å². The fraction of sp³-hybridized carbons (Fsp3) is 0.846. The molecule has 0 aliphatic carbocycles. The molecule has 0 amide bonds. The fourth-order valence-corrected chi connectivity index (χ4v) is 3.79. The summed E-state index contributed by atoms with van der Waals surface area (Å²) >= 11 is 0. The van der Waals surface area contributed by atoms with Crippen LogP contribution in [0.25, 0.3) is 0 Å². The van der Waals surface area contributed by atoms with Gasteiger partial charge in [-0.1, -0.05) is 0 Å². The monoisotopic (exact) mass is 253 g/mol. The third-order valence-corrected chi connectivity index (χ3v) is 4.53. The Bertz CT molecular complexity index is 396. The van der Waals surface area contributed by atoms with Crippen LogP contribution >= 0.6 is 0 Å². The number of ether oxygens (including phenoxy) is 2. The summed E-state index contributed by atoms with van der Waals surface area (Å²) in [5.74, 6) is -0.939. The highest BCUT2D eigenvalue weighted by atomic mass is 16.6. The van der Waals surface area contributed by atoms with E-state index in [-0.39, 0.29) is 5.78 Å². The third-order valence-electron chi connectivity index (χ3n) is 4.53. The zero-order valence-electron chi connectivity index (χ0n) is 10.8. The Kier molecular flexibility index (Phi) is 2.71. The molecular formula is C13H19NO4. The summed E-state index contributed by atoms with van der Waals surface area (Å²) in [5, 5.41) is 0. The summed E-state index contributed by atoms with van der Waals surface area (Å²) < 4.78 is 11.0. The average Bonchev–Trinajstić information content (AvgIpc) is 2.95. The molecule has 5 atom stereocenters. The van der Waals surface area contributed by atoms with E-state index in [2.05, 4.69) is 4.90 Å². The van der Waals surface area contributed by atoms with Gasteiger partial charge >= 0.3 is 5.97 Å². The van der Waals surface area contributed by atoms with Crippen LogP contribution in [0.15, 0.2) is 0 Å². The van der Waals surface area contributed by atoms with Crippen LogP contribution in [-0.4, -0.2) is 54.6 Å². The van der Waals surface area contributed by atoms with Gasteiger partial charge in [0.2, 0.25) is 0 Å². The van der Waals surface area contributed by atoms with Crippen molar-refractivity contribution >= 4 is 11.8 Å². The lowest BCUT2D eigenvalue weighted by atomic mass is 9.76. The number of piperidine rings is 1. The van der Waals surface area contributed by atoms with Gasteiger partial charge in [0, 0.05) is 19.0 Å². The molecule has 1 spiro atoms. The first-order valence-electron chi connectivity index (χ1n) is 6.69. The van der Waals surface area contributed by atoms with Crippen molar-refractivity contribution in [3.63, 3.8) is 0 Å². The fourth-order valence-electron chi connectivity index (χ4n) is 3.79. The average molecular weight is 253 g/mol. The first-order valence-corrected chi connectivity index (χ1v) is 6.69. The number of Topliss-reactive ketones (excluding diaryl/α,β-unsaturated/α-hetero) is 1. The van der Waals surface area contributed by atoms with Crippen molar-refractivity contribution in [1.82, 2.24) is 4.90 Å². The predicted molar refractivity (Wildman–Crippen MR) is 63.0 cm³/mol. The minimum atomic E-state index is -0.720. The van der Waals surface area contributed by atoms with Gasteiger partial charge in [0.25, 0.3) is 0 Å². The summed E-state index contributed by atoms with van der Waals surface area (Å²) in [7, 11) is 0. The molecule has 0 radical (unpaired) electrons. The SMILES string of the molecule is CCOC(=O)C1C(=O)[C@H](C)O[C@]12CN1CC[C@H]2C1. The maximum Gasteiger partial charge on any atom is 0.319 e. The van der Waals surface area contributed by atoms with E-state index in [1.807, 2.05) is 0 Å². The van der Waals surface area contributed by atoms with Crippen LogP contribution in [0, 0.1) is 11.8 Å². The Morgan fingerprint density at radius 3 is 2.94 bits per heavy atom. The lowest BCUT2D eigenvalue weighted by Crippen LogP contribution is -2.51. The molecule has 0 aromatic heterocycles. The number of carbonyl (C=O) groups excluding carboxylic acids is 2. The molecule has 0 saturated carbocycles. The van der Waals surface area contributed by atoms with Crippen LogP contribution in [0.5, 0.6) is 0 Å². The number of nitrogens with zero attached hydrogens (tertiary/aromatic N) is 1. The zero-order valence-corrected chi connectivity index (χ0v) is 10.8. The molecule has 3 aliphatic heterocycles. The highest BCUT2D eigenvalue weighted by Crippen LogP contribution is 2.49. The highest BCUT2D eigenvalue weighted by Gasteiger charge is 2.65. The number of ketones is 1. The molecule has 2 unspecified atom stereocenters. The lowest BCUT2D eigenvalue weighted by Gasteiger charge is -2.35. The normalized spacial score (nSPS) is 46.0. The minimum absolute atomic E-state index is 0.109. The maximum absolute atomic E-state index is 12.2. The molecule has 0 N–H and O–H groups in total. The molecule has 18 heavy (non-hydrogen) atoms. The van der Waals surface area contributed by atoms with Crippen molar-refractivity contribution in [3.05, 3.63) is 0 Å². The topological polar surface area (TPSA) is 55.8 Å². The molecule has 5 nitrogen and oxygen atoms in total. The van der Waals surface area contributed by atoms with E-state index in [0.717, 1.165) is 19.5 Å². The standard InChI is InChI=1S/C13H19NO4/c1-3-17-12(16)10-11(15)8(2)18-13(10)7-14-5-4-9(13)6-14/h8-10H,3-7H2,1-2H3/t8-,9-,10?,13-/m0/s1. The molecule has 3 aliphatic rings. The van der Waals surface area contributed by atoms with Crippen LogP contribution < -0.4 is 0 Å². The van der Waals surface area contributed by atoms with Crippen LogP contribution in [0.2, 0.25) is 0 Å². The van der Waals surface area contributed by atoms with E-state index in [1.54, 1.807) is 13.8 Å². The second kappa shape index (κ2) is 4.03. The number of esters is 1. The van der Waals surface area contributed by atoms with E-state index in [1.165, 1.54) is 0 Å². The van der Waals surface area contributed by atoms with E-state index >= 15 is 0 Å². The third kappa shape index (κ3) is 1.47. The van der Waals surface area contributed by atoms with E-state index in [9.17, 15) is 9.59 Å². The summed E-state index contributed by atoms with van der Waals surface area (Å²) in [6, 6.07) is 0. The van der Waals surface area contributed by atoms with Gasteiger partial charge in [-0.3, -0.25) is 9.59 Å². The first kappa shape index (κ1) is 12.1. The molecule has 3 fully saturated rings. The number of hydrogen-bond acceptors (Lipinski definition) is 5. The highest BCUT2D eigenvalue weighted by molar-refractivity contribution is 6.04. The summed E-state index contributed by atoms with van der Waals surface area (Å²) in [6.45, 7) is 6.49. The number of hydrogen-bond donors (Lipinski definition) is 0. The summed E-state index contributed by atoms with van der Waals surface area (Å²) in [6.07, 6.45) is 0.524. The van der Waals surface area contributed by atoms with E-state index < -0.39 is 23.6 Å². The second-order valence-electron chi connectivity index (χ2n) is 5.52. The van der Waals surface area contributed by atoms with Crippen molar-refractivity contribution in [2.24, 2.45) is 11.8 Å². The lowest BCUT2D eigenvalue weighted by molar-refractivity contribution is -0.159. The summed E-state index contributed by atoms with van der Waals surface area (Å²) in [5.41, 5.74) is -0.610. The molecule has 2 bridgehead atoms. The molecule has 0 aromatic rings. The Labute approximate surface area is 106 Å². The van der Waals surface area contributed by atoms with Gasteiger partial charge in [-0.15, -0.1) is 0 Å². The van der Waals surface area contributed by atoms with Gasteiger partial charge in [0.1, 0.15) is 17.6 Å². The van der Waals surface area contributed by atoms with Crippen molar-refractivity contribution in [3.8, 4) is 0 Å².